The van der Waals surface area contributed by atoms with Crippen LogP contribution in [0.15, 0.2) is 97.2 Å². The molecule has 406 valence electrons. The molecule has 1 unspecified atom stereocenters. The van der Waals surface area contributed by atoms with Crippen LogP contribution < -0.4 is 0 Å². The summed E-state index contributed by atoms with van der Waals surface area (Å²) in [6.45, 7) is 6.39. The van der Waals surface area contributed by atoms with Crippen LogP contribution in [0.4, 0.5) is 0 Å². The summed E-state index contributed by atoms with van der Waals surface area (Å²) in [5.74, 6) is -0.903. The van der Waals surface area contributed by atoms with Gasteiger partial charge in [0.15, 0.2) is 6.10 Å². The normalized spacial score (nSPS) is 12.8. The van der Waals surface area contributed by atoms with E-state index in [9.17, 15) is 14.4 Å². The van der Waals surface area contributed by atoms with Gasteiger partial charge >= 0.3 is 17.9 Å². The molecule has 0 N–H and O–H groups in total. The molecule has 71 heavy (non-hydrogen) atoms. The third-order valence-corrected chi connectivity index (χ3v) is 12.6. The lowest BCUT2D eigenvalue weighted by Gasteiger charge is -2.18. The number of carbonyl (C=O) groups is 3. The number of carbonyl (C=O) groups excluding carboxylic acids is 3. The summed E-state index contributed by atoms with van der Waals surface area (Å²) in [6.07, 6.45) is 78.2. The zero-order valence-electron chi connectivity index (χ0n) is 46.5. The van der Waals surface area contributed by atoms with Crippen LogP contribution >= 0.6 is 0 Å². The number of unbranched alkanes of at least 4 members (excludes halogenated alkanes) is 27. The van der Waals surface area contributed by atoms with Gasteiger partial charge in [0.25, 0.3) is 0 Å². The average molecular weight is 988 g/mol. The molecule has 0 aliphatic heterocycles. The highest BCUT2D eigenvalue weighted by Gasteiger charge is 2.19. The van der Waals surface area contributed by atoms with Crippen LogP contribution in [-0.2, 0) is 28.6 Å². The minimum Gasteiger partial charge on any atom is -0.462 e. The largest absolute Gasteiger partial charge is 0.462 e. The van der Waals surface area contributed by atoms with Gasteiger partial charge in [-0.05, 0) is 109 Å². The molecule has 0 radical (unpaired) electrons. The fourth-order valence-corrected chi connectivity index (χ4v) is 8.17. The first-order chi connectivity index (χ1) is 35.0. The van der Waals surface area contributed by atoms with E-state index in [1.165, 1.54) is 135 Å². The van der Waals surface area contributed by atoms with Crippen LogP contribution in [0.2, 0.25) is 0 Å². The minimum atomic E-state index is -0.789. The third-order valence-electron chi connectivity index (χ3n) is 12.6. The second-order valence-electron chi connectivity index (χ2n) is 19.5. The highest BCUT2D eigenvalue weighted by atomic mass is 16.6. The van der Waals surface area contributed by atoms with Crippen molar-refractivity contribution in [2.45, 2.75) is 284 Å². The fraction of sp³-hybridized carbons (Fsp3) is 0.708. The maximum atomic E-state index is 12.9. The summed E-state index contributed by atoms with van der Waals surface area (Å²) in [7, 11) is 0. The molecule has 0 heterocycles. The molecule has 0 aromatic carbocycles. The van der Waals surface area contributed by atoms with Crippen molar-refractivity contribution in [2.24, 2.45) is 0 Å². The number of esters is 3. The van der Waals surface area contributed by atoms with Crippen molar-refractivity contribution in [3.8, 4) is 0 Å². The van der Waals surface area contributed by atoms with Gasteiger partial charge in [0.1, 0.15) is 13.2 Å². The van der Waals surface area contributed by atoms with Crippen molar-refractivity contribution in [1.29, 1.82) is 0 Å². The lowest BCUT2D eigenvalue weighted by atomic mass is 10.1. The van der Waals surface area contributed by atoms with Crippen LogP contribution in [0, 0.1) is 0 Å². The van der Waals surface area contributed by atoms with Gasteiger partial charge in [-0.15, -0.1) is 0 Å². The van der Waals surface area contributed by atoms with Gasteiger partial charge in [-0.3, -0.25) is 14.4 Å². The molecular weight excluding hydrogens is 877 g/mol. The summed E-state index contributed by atoms with van der Waals surface area (Å²) < 4.78 is 16.9. The maximum absolute atomic E-state index is 12.9. The monoisotopic (exact) mass is 987 g/mol. The Bertz CT molecular complexity index is 1410. The summed E-state index contributed by atoms with van der Waals surface area (Å²) >= 11 is 0. The van der Waals surface area contributed by atoms with Crippen LogP contribution in [0.1, 0.15) is 278 Å². The predicted octanol–water partition coefficient (Wildman–Crippen LogP) is 20.1. The van der Waals surface area contributed by atoms with E-state index in [1.54, 1.807) is 0 Å². The van der Waals surface area contributed by atoms with E-state index in [4.69, 9.17) is 14.2 Å². The maximum Gasteiger partial charge on any atom is 0.306 e. The quantitative estimate of drug-likeness (QED) is 0.0199. The zero-order valence-corrected chi connectivity index (χ0v) is 46.5. The molecule has 0 aliphatic carbocycles. The molecule has 0 saturated heterocycles. The molecule has 0 aromatic heterocycles. The predicted molar refractivity (Wildman–Crippen MR) is 307 cm³/mol. The van der Waals surface area contributed by atoms with E-state index in [-0.39, 0.29) is 31.1 Å². The summed E-state index contributed by atoms with van der Waals surface area (Å²) in [6, 6.07) is 0. The Labute approximate surface area is 438 Å². The van der Waals surface area contributed by atoms with Gasteiger partial charge in [-0.1, -0.05) is 246 Å². The molecule has 0 amide bonds. The number of hydrogen-bond donors (Lipinski definition) is 0. The van der Waals surface area contributed by atoms with Gasteiger partial charge in [0.2, 0.25) is 0 Å². The Morgan fingerprint density at radius 2 is 0.592 bits per heavy atom. The smallest absolute Gasteiger partial charge is 0.306 e. The minimum absolute atomic E-state index is 0.0864. The lowest BCUT2D eigenvalue weighted by Crippen LogP contribution is -2.30. The Hall–Kier alpha value is -3.67. The van der Waals surface area contributed by atoms with E-state index in [0.29, 0.717) is 19.3 Å². The molecule has 0 rings (SSSR count). The molecule has 0 saturated carbocycles. The molecule has 0 aromatic rings. The van der Waals surface area contributed by atoms with Crippen molar-refractivity contribution in [2.75, 3.05) is 13.2 Å². The highest BCUT2D eigenvalue weighted by molar-refractivity contribution is 5.71. The van der Waals surface area contributed by atoms with E-state index < -0.39 is 6.10 Å². The average Bonchev–Trinajstić information content (AvgIpc) is 3.37. The summed E-state index contributed by atoms with van der Waals surface area (Å²) in [4.78, 5) is 38.2. The SMILES string of the molecule is CC/C=C\C/C=C\C/C=C\CCCCCCCCCCCC(=O)OCC(COC(=O)CCCCCCCC/C=C\C=C/CCCCC)OC(=O)CCCCCCCCCCC/C=C\C/C=C\C/C=C\CC. The van der Waals surface area contributed by atoms with Crippen molar-refractivity contribution in [3.63, 3.8) is 0 Å². The standard InChI is InChI=1S/C65H110O6/c1-4-7-10-13-16-19-22-25-28-30-32-34-37-40-43-46-49-52-55-58-64(67)70-61-62(60-69-63(66)57-54-51-48-45-42-39-36-27-24-21-18-15-12-9-6-3)71-65(68)59-56-53-50-47-44-41-38-35-33-31-29-26-23-20-17-14-11-8-5-2/h7-8,10-11,16-21,24-29,62H,4-6,9,12-15,22-23,30-61H2,1-3H3/b10-7-,11-8-,19-16-,20-17-,21-18-,27-24-,28-25-,29-26-. The highest BCUT2D eigenvalue weighted by Crippen LogP contribution is 2.15. The molecule has 6 nitrogen and oxygen atoms in total. The van der Waals surface area contributed by atoms with E-state index in [2.05, 4.69) is 118 Å². The molecular formula is C65H110O6. The van der Waals surface area contributed by atoms with Crippen LogP contribution in [0.5, 0.6) is 0 Å². The van der Waals surface area contributed by atoms with E-state index >= 15 is 0 Å². The van der Waals surface area contributed by atoms with Crippen LogP contribution in [0.3, 0.4) is 0 Å². The van der Waals surface area contributed by atoms with Crippen molar-refractivity contribution < 1.29 is 28.6 Å². The summed E-state index contributed by atoms with van der Waals surface area (Å²) in [5.41, 5.74) is 0. The second kappa shape index (κ2) is 58.9. The van der Waals surface area contributed by atoms with Crippen molar-refractivity contribution in [3.05, 3.63) is 97.2 Å². The van der Waals surface area contributed by atoms with Gasteiger partial charge in [-0.2, -0.15) is 0 Å². The first-order valence-corrected chi connectivity index (χ1v) is 29.8. The first kappa shape index (κ1) is 67.3. The first-order valence-electron chi connectivity index (χ1n) is 29.8. The third kappa shape index (κ3) is 57.1. The van der Waals surface area contributed by atoms with Crippen LogP contribution in [-0.4, -0.2) is 37.2 Å². The molecule has 0 spiro atoms. The fourth-order valence-electron chi connectivity index (χ4n) is 8.17. The summed E-state index contributed by atoms with van der Waals surface area (Å²) in [5, 5.41) is 0. The second-order valence-corrected chi connectivity index (χ2v) is 19.5. The zero-order chi connectivity index (χ0) is 51.4. The topological polar surface area (TPSA) is 78.9 Å². The van der Waals surface area contributed by atoms with Crippen LogP contribution in [0.25, 0.3) is 0 Å². The number of ether oxygens (including phenoxy) is 3. The molecule has 0 aliphatic rings. The Morgan fingerprint density at radius 3 is 0.944 bits per heavy atom. The Kier molecular flexibility index (Phi) is 55.9. The van der Waals surface area contributed by atoms with Gasteiger partial charge < -0.3 is 14.2 Å². The van der Waals surface area contributed by atoms with E-state index in [0.717, 1.165) is 103 Å². The van der Waals surface area contributed by atoms with Gasteiger partial charge in [0.05, 0.1) is 0 Å². The van der Waals surface area contributed by atoms with Gasteiger partial charge in [-0.25, -0.2) is 0 Å². The number of rotatable bonds is 53. The number of hydrogen-bond acceptors (Lipinski definition) is 6. The van der Waals surface area contributed by atoms with Gasteiger partial charge in [0, 0.05) is 19.3 Å². The van der Waals surface area contributed by atoms with Crippen molar-refractivity contribution >= 4 is 17.9 Å². The molecule has 1 atom stereocenters. The lowest BCUT2D eigenvalue weighted by molar-refractivity contribution is -0.167. The Morgan fingerprint density at radius 1 is 0.310 bits per heavy atom. The van der Waals surface area contributed by atoms with Crippen molar-refractivity contribution in [1.82, 2.24) is 0 Å². The van der Waals surface area contributed by atoms with E-state index in [1.807, 2.05) is 0 Å². The molecule has 6 heteroatoms. The molecule has 0 fully saturated rings. The number of allylic oxidation sites excluding steroid dienone is 16. The Balaban J connectivity index is 4.41. The molecule has 0 bridgehead atoms.